The highest BCUT2D eigenvalue weighted by Crippen LogP contribution is 2.14. The van der Waals surface area contributed by atoms with E-state index >= 15 is 0 Å². The van der Waals surface area contributed by atoms with Crippen LogP contribution in [0.25, 0.3) is 0 Å². The van der Waals surface area contributed by atoms with Crippen LogP contribution in [0.2, 0.25) is 0 Å². The summed E-state index contributed by atoms with van der Waals surface area (Å²) in [6.45, 7) is 5.64. The lowest BCUT2D eigenvalue weighted by molar-refractivity contribution is 0.102. The SMILES string of the molecule is CCc1ccc(C(=O)Nc2ccc(CCN3CCSCC3)cc2)cc1. The number of nitrogens with one attached hydrogen (secondary N) is 1. The number of thioether (sulfide) groups is 1. The van der Waals surface area contributed by atoms with Gasteiger partial charge >= 0.3 is 0 Å². The van der Waals surface area contributed by atoms with Crippen LogP contribution >= 0.6 is 11.8 Å². The highest BCUT2D eigenvalue weighted by atomic mass is 32.2. The predicted octanol–water partition coefficient (Wildman–Crippen LogP) is 4.09. The Morgan fingerprint density at radius 2 is 1.64 bits per heavy atom. The molecule has 0 bridgehead atoms. The molecule has 0 aliphatic carbocycles. The topological polar surface area (TPSA) is 32.3 Å². The van der Waals surface area contributed by atoms with Crippen LogP contribution in [0.3, 0.4) is 0 Å². The second-order valence-corrected chi connectivity index (χ2v) is 7.63. The van der Waals surface area contributed by atoms with Crippen molar-refractivity contribution in [2.75, 3.05) is 36.5 Å². The summed E-state index contributed by atoms with van der Waals surface area (Å²) < 4.78 is 0. The van der Waals surface area contributed by atoms with Gasteiger partial charge in [-0.1, -0.05) is 31.2 Å². The average molecular weight is 355 g/mol. The van der Waals surface area contributed by atoms with Crippen LogP contribution < -0.4 is 5.32 Å². The van der Waals surface area contributed by atoms with E-state index in [1.807, 2.05) is 48.2 Å². The van der Waals surface area contributed by atoms with Gasteiger partial charge in [0.25, 0.3) is 5.91 Å². The van der Waals surface area contributed by atoms with Crippen molar-refractivity contribution >= 4 is 23.4 Å². The molecule has 3 nitrogen and oxygen atoms in total. The minimum atomic E-state index is -0.0544. The summed E-state index contributed by atoms with van der Waals surface area (Å²) >= 11 is 2.05. The highest BCUT2D eigenvalue weighted by molar-refractivity contribution is 7.99. The fourth-order valence-corrected chi connectivity index (χ4v) is 3.94. The van der Waals surface area contributed by atoms with Gasteiger partial charge in [0, 0.05) is 42.4 Å². The van der Waals surface area contributed by atoms with E-state index in [-0.39, 0.29) is 5.91 Å². The molecule has 0 aromatic heterocycles. The van der Waals surface area contributed by atoms with Crippen LogP contribution in [0.5, 0.6) is 0 Å². The molecule has 0 atom stereocenters. The molecule has 1 aliphatic heterocycles. The van der Waals surface area contributed by atoms with Crippen molar-refractivity contribution < 1.29 is 4.79 Å². The normalized spacial score (nSPS) is 15.1. The smallest absolute Gasteiger partial charge is 0.255 e. The maximum Gasteiger partial charge on any atom is 0.255 e. The van der Waals surface area contributed by atoms with Gasteiger partial charge in [0.2, 0.25) is 0 Å². The predicted molar refractivity (Wildman–Crippen MR) is 108 cm³/mol. The van der Waals surface area contributed by atoms with Crippen LogP contribution in [-0.4, -0.2) is 41.9 Å². The van der Waals surface area contributed by atoms with E-state index in [0.29, 0.717) is 5.56 Å². The number of aryl methyl sites for hydroxylation is 1. The van der Waals surface area contributed by atoms with Gasteiger partial charge in [-0.25, -0.2) is 0 Å². The summed E-state index contributed by atoms with van der Waals surface area (Å²) in [4.78, 5) is 14.8. The first-order valence-corrected chi connectivity index (χ1v) is 10.2. The molecule has 1 N–H and O–H groups in total. The van der Waals surface area contributed by atoms with E-state index < -0.39 is 0 Å². The molecule has 0 spiro atoms. The Labute approximate surface area is 154 Å². The van der Waals surface area contributed by atoms with Crippen LogP contribution in [0.4, 0.5) is 5.69 Å². The van der Waals surface area contributed by atoms with Gasteiger partial charge < -0.3 is 10.2 Å². The Hall–Kier alpha value is -1.78. The van der Waals surface area contributed by atoms with Gasteiger partial charge in [-0.05, 0) is 48.2 Å². The van der Waals surface area contributed by atoms with E-state index in [4.69, 9.17) is 0 Å². The molecule has 1 heterocycles. The summed E-state index contributed by atoms with van der Waals surface area (Å²) in [6, 6.07) is 16.0. The molecule has 4 heteroatoms. The van der Waals surface area contributed by atoms with Crippen molar-refractivity contribution in [2.24, 2.45) is 0 Å². The van der Waals surface area contributed by atoms with E-state index in [1.165, 1.54) is 35.7 Å². The molecule has 132 valence electrons. The number of hydrogen-bond acceptors (Lipinski definition) is 3. The van der Waals surface area contributed by atoms with Gasteiger partial charge in [0.15, 0.2) is 0 Å². The maximum absolute atomic E-state index is 12.3. The first kappa shape index (κ1) is 18.0. The number of rotatable bonds is 6. The number of nitrogens with zero attached hydrogens (tertiary/aromatic N) is 1. The molecule has 0 radical (unpaired) electrons. The first-order valence-electron chi connectivity index (χ1n) is 9.04. The minimum absolute atomic E-state index is 0.0544. The molecule has 2 aromatic rings. The van der Waals surface area contributed by atoms with Crippen LogP contribution in [0.1, 0.15) is 28.4 Å². The summed E-state index contributed by atoms with van der Waals surface area (Å²) in [5.41, 5.74) is 4.11. The van der Waals surface area contributed by atoms with E-state index in [0.717, 1.165) is 25.1 Å². The zero-order valence-corrected chi connectivity index (χ0v) is 15.6. The van der Waals surface area contributed by atoms with Gasteiger partial charge in [0.05, 0.1) is 0 Å². The number of amides is 1. The monoisotopic (exact) mass is 354 g/mol. The maximum atomic E-state index is 12.3. The molecule has 25 heavy (non-hydrogen) atoms. The quantitative estimate of drug-likeness (QED) is 0.848. The Balaban J connectivity index is 1.51. The Morgan fingerprint density at radius 1 is 1.00 bits per heavy atom. The third-order valence-electron chi connectivity index (χ3n) is 4.66. The van der Waals surface area contributed by atoms with E-state index in [2.05, 4.69) is 29.3 Å². The number of benzene rings is 2. The lowest BCUT2D eigenvalue weighted by Gasteiger charge is -2.26. The summed E-state index contributed by atoms with van der Waals surface area (Å²) in [7, 11) is 0. The zero-order valence-electron chi connectivity index (χ0n) is 14.8. The first-order chi connectivity index (χ1) is 12.2. The summed E-state index contributed by atoms with van der Waals surface area (Å²) in [5, 5.41) is 2.98. The van der Waals surface area contributed by atoms with Crippen molar-refractivity contribution in [1.29, 1.82) is 0 Å². The summed E-state index contributed by atoms with van der Waals surface area (Å²) in [6.07, 6.45) is 2.05. The number of carbonyl (C=O) groups excluding carboxylic acids is 1. The molecule has 0 saturated carbocycles. The van der Waals surface area contributed by atoms with Gasteiger partial charge in [-0.3, -0.25) is 4.79 Å². The third-order valence-corrected chi connectivity index (χ3v) is 5.60. The molecule has 0 unspecified atom stereocenters. The average Bonchev–Trinajstić information content (AvgIpc) is 2.68. The lowest BCUT2D eigenvalue weighted by Crippen LogP contribution is -2.34. The molecule has 1 saturated heterocycles. The Kier molecular flexibility index (Phi) is 6.54. The second kappa shape index (κ2) is 9.07. The highest BCUT2D eigenvalue weighted by Gasteiger charge is 2.10. The minimum Gasteiger partial charge on any atom is -0.322 e. The van der Waals surface area contributed by atoms with Crippen molar-refractivity contribution in [2.45, 2.75) is 19.8 Å². The van der Waals surface area contributed by atoms with Crippen molar-refractivity contribution in [3.8, 4) is 0 Å². The van der Waals surface area contributed by atoms with Gasteiger partial charge in [0.1, 0.15) is 0 Å². The number of anilines is 1. The molecule has 2 aromatic carbocycles. The Morgan fingerprint density at radius 3 is 2.28 bits per heavy atom. The van der Waals surface area contributed by atoms with Gasteiger partial charge in [-0.2, -0.15) is 11.8 Å². The number of carbonyl (C=O) groups is 1. The molecule has 3 rings (SSSR count). The van der Waals surface area contributed by atoms with E-state index in [9.17, 15) is 4.79 Å². The molecular formula is C21H26N2OS. The fraction of sp³-hybridized carbons (Fsp3) is 0.381. The molecule has 1 amide bonds. The lowest BCUT2D eigenvalue weighted by atomic mass is 10.1. The van der Waals surface area contributed by atoms with Crippen LogP contribution in [0, 0.1) is 0 Å². The molecule has 1 fully saturated rings. The van der Waals surface area contributed by atoms with Crippen molar-refractivity contribution in [3.63, 3.8) is 0 Å². The third kappa shape index (κ3) is 5.35. The zero-order chi connectivity index (χ0) is 17.5. The van der Waals surface area contributed by atoms with Gasteiger partial charge in [-0.15, -0.1) is 0 Å². The largest absolute Gasteiger partial charge is 0.322 e. The fourth-order valence-electron chi connectivity index (χ4n) is 2.96. The van der Waals surface area contributed by atoms with Crippen LogP contribution in [-0.2, 0) is 12.8 Å². The standard InChI is InChI=1S/C21H26N2OS/c1-2-17-3-7-19(8-4-17)21(24)22-20-9-5-18(6-10-20)11-12-23-13-15-25-16-14-23/h3-10H,2,11-16H2,1H3,(H,22,24). The Bertz CT molecular complexity index is 676. The van der Waals surface area contributed by atoms with E-state index in [1.54, 1.807) is 0 Å². The summed E-state index contributed by atoms with van der Waals surface area (Å²) in [5.74, 6) is 2.45. The number of hydrogen-bond donors (Lipinski definition) is 1. The molecule has 1 aliphatic rings. The molecular weight excluding hydrogens is 328 g/mol. The second-order valence-electron chi connectivity index (χ2n) is 6.41. The van der Waals surface area contributed by atoms with Crippen LogP contribution in [0.15, 0.2) is 48.5 Å². The van der Waals surface area contributed by atoms with Crippen molar-refractivity contribution in [3.05, 3.63) is 65.2 Å². The van der Waals surface area contributed by atoms with Crippen molar-refractivity contribution in [1.82, 2.24) is 4.90 Å².